The van der Waals surface area contributed by atoms with E-state index in [9.17, 15) is 0 Å². The lowest BCUT2D eigenvalue weighted by Crippen LogP contribution is -2.29. The van der Waals surface area contributed by atoms with E-state index in [2.05, 4.69) is 13.8 Å². The third-order valence-corrected chi connectivity index (χ3v) is 2.82. The van der Waals surface area contributed by atoms with Crippen molar-refractivity contribution in [1.82, 2.24) is 0 Å². The lowest BCUT2D eigenvalue weighted by atomic mass is 10.2. The van der Waals surface area contributed by atoms with Crippen LogP contribution in [0.5, 0.6) is 5.75 Å². The van der Waals surface area contributed by atoms with Crippen molar-refractivity contribution in [3.63, 3.8) is 0 Å². The molecule has 4 nitrogen and oxygen atoms in total. The molecule has 0 N–H and O–H groups in total. The number of ether oxygens (including phenoxy) is 1. The van der Waals surface area contributed by atoms with Gasteiger partial charge in [-0.3, -0.25) is 0 Å². The summed E-state index contributed by atoms with van der Waals surface area (Å²) in [5.74, 6) is 1.10. The highest BCUT2D eigenvalue weighted by molar-refractivity contribution is 7.97. The van der Waals surface area contributed by atoms with Gasteiger partial charge in [-0.1, -0.05) is 23.7 Å². The summed E-state index contributed by atoms with van der Waals surface area (Å²) >= 11 is 6.90. The molecule has 0 saturated carbocycles. The first-order valence-electron chi connectivity index (χ1n) is 4.18. The molecule has 6 heteroatoms. The summed E-state index contributed by atoms with van der Waals surface area (Å²) in [5, 5.41) is 0.319. The predicted octanol–water partition coefficient (Wildman–Crippen LogP) is 2.76. The van der Waals surface area contributed by atoms with Crippen molar-refractivity contribution in [2.24, 2.45) is 13.8 Å². The molecule has 0 atom stereocenters. The molecule has 0 radical (unpaired) electrons. The van der Waals surface area contributed by atoms with Crippen molar-refractivity contribution in [2.75, 3.05) is 0 Å². The van der Waals surface area contributed by atoms with Crippen LogP contribution in [0.4, 0.5) is 5.69 Å². The van der Waals surface area contributed by atoms with Gasteiger partial charge in [0.2, 0.25) is 0 Å². The number of benzene rings is 1. The Balaban J connectivity index is 2.18. The number of halogens is 1. The molecule has 15 heavy (non-hydrogen) atoms. The van der Waals surface area contributed by atoms with Crippen molar-refractivity contribution in [3.05, 3.63) is 24.3 Å². The van der Waals surface area contributed by atoms with Crippen LogP contribution in [0.15, 0.2) is 38.1 Å². The van der Waals surface area contributed by atoms with E-state index in [0.29, 0.717) is 22.5 Å². The Labute approximate surface area is 95.0 Å². The Hall–Kier alpha value is -1.33. The minimum absolute atomic E-state index is 0.319. The quantitative estimate of drug-likeness (QED) is 0.652. The Morgan fingerprint density at radius 3 is 3.00 bits per heavy atom. The number of fused-ring (bicyclic) bond motifs is 2. The van der Waals surface area contributed by atoms with Crippen LogP contribution < -0.4 is 4.74 Å². The lowest BCUT2D eigenvalue weighted by molar-refractivity contribution is 0.560. The van der Waals surface area contributed by atoms with Crippen LogP contribution in [0.3, 0.4) is 0 Å². The molecule has 0 aliphatic carbocycles. The van der Waals surface area contributed by atoms with Crippen LogP contribution in [-0.4, -0.2) is 16.8 Å². The fraction of sp³-hybridized carbons (Fsp3) is 0. The second-order valence-electron chi connectivity index (χ2n) is 2.89. The van der Waals surface area contributed by atoms with Crippen molar-refractivity contribution in [2.45, 2.75) is 0 Å². The molecule has 0 aromatic heterocycles. The van der Waals surface area contributed by atoms with E-state index < -0.39 is 0 Å². The van der Waals surface area contributed by atoms with Crippen LogP contribution in [0.2, 0.25) is 0 Å². The molecule has 1 aromatic rings. The summed E-state index contributed by atoms with van der Waals surface area (Å²) < 4.78 is 13.4. The number of nitrogens with zero attached hydrogens (tertiary/aromatic N) is 3. The topological polar surface area (TPSA) is 46.3 Å². The highest BCUT2D eigenvalue weighted by atomic mass is 35.5. The predicted molar refractivity (Wildman–Crippen MR) is 62.5 cm³/mol. The van der Waals surface area contributed by atoms with Crippen LogP contribution in [0, 0.1) is 0 Å². The summed E-state index contributed by atoms with van der Waals surface area (Å²) in [4.78, 5) is 4.33. The zero-order valence-electron chi connectivity index (χ0n) is 7.35. The molecule has 0 bridgehead atoms. The van der Waals surface area contributed by atoms with E-state index in [4.69, 9.17) is 16.3 Å². The first-order valence-corrected chi connectivity index (χ1v) is 5.29. The second-order valence-corrected chi connectivity index (χ2v) is 3.78. The molecule has 0 fully saturated rings. The van der Waals surface area contributed by atoms with Gasteiger partial charge in [0.1, 0.15) is 17.8 Å². The smallest absolute Gasteiger partial charge is 0.257 e. The molecule has 74 valence electrons. The zero-order valence-corrected chi connectivity index (χ0v) is 8.92. The summed E-state index contributed by atoms with van der Waals surface area (Å²) in [6.45, 7) is 0. The average molecular weight is 238 g/mol. The molecule has 2 heterocycles. The number of rotatable bonds is 0. The molecule has 0 unspecified atom stereocenters. The van der Waals surface area contributed by atoms with E-state index in [1.807, 2.05) is 24.3 Å². The summed E-state index contributed by atoms with van der Waals surface area (Å²) in [6.07, 6.45) is 0. The monoisotopic (exact) mass is 237 g/mol. The summed E-state index contributed by atoms with van der Waals surface area (Å²) in [6, 6.07) is 7.45. The van der Waals surface area contributed by atoms with Gasteiger partial charge in [0.05, 0.1) is 0 Å². The van der Waals surface area contributed by atoms with Crippen LogP contribution in [0.1, 0.15) is 0 Å². The third-order valence-electron chi connectivity index (χ3n) is 1.95. The number of hydrogen-bond acceptors (Lipinski definition) is 5. The molecule has 2 aliphatic heterocycles. The fourth-order valence-electron chi connectivity index (χ4n) is 1.29. The highest BCUT2D eigenvalue weighted by Crippen LogP contribution is 2.32. The maximum atomic E-state index is 5.89. The van der Waals surface area contributed by atoms with E-state index in [-0.39, 0.29) is 0 Å². The standard InChI is InChI=1S/C9H4ClN3OS/c10-8-7-9(13-15-12-8)14-6-4-2-1-3-5(6)11-7/h1-4H. The molecule has 0 amide bonds. The summed E-state index contributed by atoms with van der Waals surface area (Å²) in [7, 11) is 0. The van der Waals surface area contributed by atoms with Gasteiger partial charge in [-0.25, -0.2) is 4.99 Å². The van der Waals surface area contributed by atoms with E-state index in [1.165, 1.54) is 0 Å². The van der Waals surface area contributed by atoms with Crippen LogP contribution >= 0.6 is 23.7 Å². The molecular formula is C9H4ClN3OS. The minimum Gasteiger partial charge on any atom is -0.434 e. The average Bonchev–Trinajstić information content (AvgIpc) is 2.27. The SMILES string of the molecule is ClC1=NSN=C2Oc3ccccc3N=C12. The second kappa shape index (κ2) is 3.36. The Morgan fingerprint density at radius 2 is 2.07 bits per heavy atom. The molecule has 2 aliphatic rings. The Kier molecular flexibility index (Phi) is 2.00. The first-order chi connectivity index (χ1) is 7.34. The van der Waals surface area contributed by atoms with Crippen molar-refractivity contribution in [3.8, 4) is 5.75 Å². The largest absolute Gasteiger partial charge is 0.434 e. The van der Waals surface area contributed by atoms with Crippen molar-refractivity contribution >= 4 is 46.2 Å². The normalized spacial score (nSPS) is 17.8. The van der Waals surface area contributed by atoms with Crippen molar-refractivity contribution < 1.29 is 4.74 Å². The minimum atomic E-state index is 0.319. The third kappa shape index (κ3) is 1.44. The number of para-hydroxylation sites is 2. The van der Waals surface area contributed by atoms with Gasteiger partial charge in [-0.2, -0.15) is 8.80 Å². The zero-order chi connectivity index (χ0) is 10.3. The van der Waals surface area contributed by atoms with E-state index in [0.717, 1.165) is 17.8 Å². The molecule has 0 spiro atoms. The Morgan fingerprint density at radius 1 is 1.20 bits per heavy atom. The number of hydrogen-bond donors (Lipinski definition) is 0. The number of aliphatic imine (C=N–C) groups is 1. The van der Waals surface area contributed by atoms with E-state index >= 15 is 0 Å². The highest BCUT2D eigenvalue weighted by Gasteiger charge is 2.26. The first kappa shape index (κ1) is 8.94. The van der Waals surface area contributed by atoms with Crippen molar-refractivity contribution in [1.29, 1.82) is 0 Å². The molecular weight excluding hydrogens is 234 g/mol. The van der Waals surface area contributed by atoms with Gasteiger partial charge in [0.25, 0.3) is 5.90 Å². The van der Waals surface area contributed by atoms with Crippen LogP contribution in [0.25, 0.3) is 0 Å². The summed E-state index contributed by atoms with van der Waals surface area (Å²) in [5.41, 5.74) is 1.24. The lowest BCUT2D eigenvalue weighted by Gasteiger charge is -2.18. The van der Waals surface area contributed by atoms with Gasteiger partial charge in [-0.15, -0.1) is 0 Å². The molecule has 1 aromatic carbocycles. The molecule has 0 saturated heterocycles. The van der Waals surface area contributed by atoms with Crippen LogP contribution in [-0.2, 0) is 0 Å². The van der Waals surface area contributed by atoms with Gasteiger partial charge in [0.15, 0.2) is 16.6 Å². The Bertz CT molecular complexity index is 524. The van der Waals surface area contributed by atoms with Gasteiger partial charge in [-0.05, 0) is 12.1 Å². The van der Waals surface area contributed by atoms with Gasteiger partial charge in [0, 0.05) is 0 Å². The maximum Gasteiger partial charge on any atom is 0.257 e. The molecule has 3 rings (SSSR count). The van der Waals surface area contributed by atoms with Gasteiger partial charge < -0.3 is 4.74 Å². The maximum absolute atomic E-state index is 5.89. The van der Waals surface area contributed by atoms with E-state index in [1.54, 1.807) is 0 Å². The van der Waals surface area contributed by atoms with Gasteiger partial charge >= 0.3 is 0 Å². The fourth-order valence-corrected chi connectivity index (χ4v) is 1.90.